The minimum atomic E-state index is 0.428. The van der Waals surface area contributed by atoms with Crippen LogP contribution in [0.5, 0.6) is 0 Å². The van der Waals surface area contributed by atoms with Crippen LogP contribution < -0.4 is 5.73 Å². The van der Waals surface area contributed by atoms with Gasteiger partial charge in [0.25, 0.3) is 5.89 Å². The Balaban J connectivity index is 1.73. The molecular formula is C19H18N4O2S. The molecule has 3 aromatic heterocycles. The average Bonchev–Trinajstić information content (AvgIpc) is 3.20. The highest BCUT2D eigenvalue weighted by molar-refractivity contribution is 7.22. The quantitative estimate of drug-likeness (QED) is 0.575. The topological polar surface area (TPSA) is 87.1 Å². The molecule has 6 nitrogen and oxygen atoms in total. The molecule has 2 N–H and O–H groups in total. The fraction of sp³-hybridized carbons (Fsp3) is 0.211. The zero-order chi connectivity index (χ0) is 18.1. The largest absolute Gasteiger partial charge is 0.397 e. The molecule has 4 aromatic rings. The van der Waals surface area contributed by atoms with Crippen LogP contribution in [-0.2, 0) is 17.8 Å². The second-order valence-electron chi connectivity index (χ2n) is 6.06. The van der Waals surface area contributed by atoms with Crippen LogP contribution in [0.1, 0.15) is 22.6 Å². The van der Waals surface area contributed by atoms with Crippen molar-refractivity contribution < 1.29 is 9.26 Å². The van der Waals surface area contributed by atoms with E-state index in [0.29, 0.717) is 30.4 Å². The van der Waals surface area contributed by atoms with Crippen molar-refractivity contribution in [1.29, 1.82) is 0 Å². The standard InChI is InChI=1S/C19H18N4O2S/c1-11-8-13(10-24-2)15-16(20)17(26-19(15)21-11)18-22-14(23-25-18)9-12-6-4-3-5-7-12/h3-8H,9-10,20H2,1-2H3. The number of nitrogen functional groups attached to an aromatic ring is 1. The Morgan fingerprint density at radius 2 is 2.00 bits per heavy atom. The van der Waals surface area contributed by atoms with Gasteiger partial charge in [0, 0.05) is 24.6 Å². The first kappa shape index (κ1) is 16.7. The summed E-state index contributed by atoms with van der Waals surface area (Å²) in [6.07, 6.45) is 0.613. The molecule has 4 rings (SSSR count). The molecule has 0 saturated heterocycles. The van der Waals surface area contributed by atoms with Gasteiger partial charge in [-0.15, -0.1) is 11.3 Å². The van der Waals surface area contributed by atoms with E-state index < -0.39 is 0 Å². The van der Waals surface area contributed by atoms with E-state index in [1.54, 1.807) is 7.11 Å². The highest BCUT2D eigenvalue weighted by atomic mass is 32.1. The highest BCUT2D eigenvalue weighted by Gasteiger charge is 2.20. The number of aromatic nitrogens is 3. The summed E-state index contributed by atoms with van der Waals surface area (Å²) in [5, 5.41) is 5.00. The molecule has 132 valence electrons. The first-order valence-corrected chi connectivity index (χ1v) is 9.01. The van der Waals surface area contributed by atoms with E-state index in [-0.39, 0.29) is 0 Å². The minimum absolute atomic E-state index is 0.428. The molecule has 0 atom stereocenters. The molecule has 0 radical (unpaired) electrons. The third-order valence-corrected chi connectivity index (χ3v) is 5.16. The van der Waals surface area contributed by atoms with Gasteiger partial charge >= 0.3 is 0 Å². The summed E-state index contributed by atoms with van der Waals surface area (Å²) in [6, 6.07) is 12.0. The number of nitrogens with zero attached hydrogens (tertiary/aromatic N) is 3. The number of pyridine rings is 1. The van der Waals surface area contributed by atoms with Gasteiger partial charge in [-0.25, -0.2) is 4.98 Å². The molecule has 0 bridgehead atoms. The van der Waals surface area contributed by atoms with Gasteiger partial charge < -0.3 is 15.0 Å². The number of hydrogen-bond donors (Lipinski definition) is 1. The summed E-state index contributed by atoms with van der Waals surface area (Å²) in [5.41, 5.74) is 10.1. The van der Waals surface area contributed by atoms with E-state index in [9.17, 15) is 0 Å². The maximum atomic E-state index is 6.40. The molecule has 0 unspecified atom stereocenters. The van der Waals surface area contributed by atoms with Crippen molar-refractivity contribution in [3.63, 3.8) is 0 Å². The van der Waals surface area contributed by atoms with Crippen LogP contribution in [0.25, 0.3) is 21.0 Å². The number of rotatable bonds is 5. The number of hydrogen-bond acceptors (Lipinski definition) is 7. The third-order valence-electron chi connectivity index (χ3n) is 4.08. The molecule has 0 aliphatic carbocycles. The maximum Gasteiger partial charge on any atom is 0.270 e. The second-order valence-corrected chi connectivity index (χ2v) is 7.06. The molecule has 1 aromatic carbocycles. The number of ether oxygens (including phenoxy) is 1. The van der Waals surface area contributed by atoms with Gasteiger partial charge in [0.1, 0.15) is 9.71 Å². The van der Waals surface area contributed by atoms with E-state index in [4.69, 9.17) is 15.0 Å². The predicted octanol–water partition coefficient (Wildman–Crippen LogP) is 3.97. The molecule has 0 saturated carbocycles. The van der Waals surface area contributed by atoms with Crippen LogP contribution in [0, 0.1) is 6.92 Å². The van der Waals surface area contributed by atoms with E-state index in [1.807, 2.05) is 43.3 Å². The Bertz CT molecular complexity index is 1060. The van der Waals surface area contributed by atoms with Crippen molar-refractivity contribution in [3.8, 4) is 10.8 Å². The number of fused-ring (bicyclic) bond motifs is 1. The zero-order valence-electron chi connectivity index (χ0n) is 14.5. The lowest BCUT2D eigenvalue weighted by Gasteiger charge is -2.04. The van der Waals surface area contributed by atoms with Crippen LogP contribution >= 0.6 is 11.3 Å². The van der Waals surface area contributed by atoms with Gasteiger partial charge in [0.05, 0.1) is 12.3 Å². The van der Waals surface area contributed by atoms with Crippen LogP contribution in [0.4, 0.5) is 5.69 Å². The van der Waals surface area contributed by atoms with Crippen LogP contribution in [0.15, 0.2) is 40.9 Å². The lowest BCUT2D eigenvalue weighted by Crippen LogP contribution is -1.95. The number of benzene rings is 1. The van der Waals surface area contributed by atoms with Crippen LogP contribution in [-0.4, -0.2) is 22.2 Å². The van der Waals surface area contributed by atoms with Crippen LogP contribution in [0.3, 0.4) is 0 Å². The van der Waals surface area contributed by atoms with Crippen molar-refractivity contribution >= 4 is 27.2 Å². The molecule has 0 amide bonds. The Kier molecular flexibility index (Phi) is 4.40. The zero-order valence-corrected chi connectivity index (χ0v) is 15.3. The van der Waals surface area contributed by atoms with Crippen molar-refractivity contribution in [2.24, 2.45) is 0 Å². The molecule has 0 aliphatic rings. The summed E-state index contributed by atoms with van der Waals surface area (Å²) in [7, 11) is 1.67. The van der Waals surface area contributed by atoms with Gasteiger partial charge in [0.15, 0.2) is 5.82 Å². The van der Waals surface area contributed by atoms with E-state index in [1.165, 1.54) is 11.3 Å². The maximum absolute atomic E-state index is 6.40. The first-order chi connectivity index (χ1) is 12.7. The Morgan fingerprint density at radius 1 is 1.19 bits per heavy atom. The summed E-state index contributed by atoms with van der Waals surface area (Å²) < 4.78 is 10.8. The number of anilines is 1. The smallest absolute Gasteiger partial charge is 0.270 e. The Morgan fingerprint density at radius 3 is 2.77 bits per heavy atom. The van der Waals surface area contributed by atoms with Gasteiger partial charge in [-0.1, -0.05) is 35.5 Å². The number of nitrogens with two attached hydrogens (primary N) is 1. The first-order valence-electron chi connectivity index (χ1n) is 8.20. The predicted molar refractivity (Wildman–Crippen MR) is 102 cm³/mol. The van der Waals surface area contributed by atoms with Crippen molar-refractivity contribution in [1.82, 2.24) is 15.1 Å². The van der Waals surface area contributed by atoms with Crippen molar-refractivity contribution in [2.75, 3.05) is 12.8 Å². The third kappa shape index (κ3) is 3.07. The van der Waals surface area contributed by atoms with Gasteiger partial charge in [-0.2, -0.15) is 4.98 Å². The lowest BCUT2D eigenvalue weighted by atomic mass is 10.1. The SMILES string of the molecule is COCc1cc(C)nc2sc(-c3nc(Cc4ccccc4)no3)c(N)c12. The fourth-order valence-corrected chi connectivity index (χ4v) is 4.07. The lowest BCUT2D eigenvalue weighted by molar-refractivity contribution is 0.186. The highest BCUT2D eigenvalue weighted by Crippen LogP contribution is 2.41. The Labute approximate surface area is 154 Å². The number of aryl methyl sites for hydroxylation is 1. The summed E-state index contributed by atoms with van der Waals surface area (Å²) in [6.45, 7) is 2.43. The second kappa shape index (κ2) is 6.86. The normalized spacial score (nSPS) is 11.3. The molecule has 3 heterocycles. The molecule has 0 fully saturated rings. The molecule has 7 heteroatoms. The average molecular weight is 366 g/mol. The van der Waals surface area contributed by atoms with Crippen molar-refractivity contribution in [3.05, 3.63) is 59.0 Å². The molecule has 26 heavy (non-hydrogen) atoms. The van der Waals surface area contributed by atoms with Crippen LogP contribution in [0.2, 0.25) is 0 Å². The van der Waals surface area contributed by atoms with Gasteiger partial charge in [-0.3, -0.25) is 0 Å². The summed E-state index contributed by atoms with van der Waals surface area (Å²) in [5.74, 6) is 1.06. The van der Waals surface area contributed by atoms with E-state index in [2.05, 4.69) is 15.1 Å². The molecular weight excluding hydrogens is 348 g/mol. The fourth-order valence-electron chi connectivity index (χ4n) is 2.96. The summed E-state index contributed by atoms with van der Waals surface area (Å²) in [4.78, 5) is 10.7. The van der Waals surface area contributed by atoms with Crippen molar-refractivity contribution in [2.45, 2.75) is 20.0 Å². The monoisotopic (exact) mass is 366 g/mol. The molecule has 0 spiro atoms. The van der Waals surface area contributed by atoms with Gasteiger partial charge in [0.2, 0.25) is 0 Å². The number of thiophene rings is 1. The van der Waals surface area contributed by atoms with Gasteiger partial charge in [-0.05, 0) is 24.1 Å². The Hall–Kier alpha value is -2.77. The molecule has 0 aliphatic heterocycles. The van der Waals surface area contributed by atoms with E-state index in [0.717, 1.165) is 31.9 Å². The summed E-state index contributed by atoms with van der Waals surface area (Å²) >= 11 is 1.46. The number of methoxy groups -OCH3 is 1. The minimum Gasteiger partial charge on any atom is -0.397 e. The van der Waals surface area contributed by atoms with E-state index >= 15 is 0 Å².